The van der Waals surface area contributed by atoms with E-state index in [9.17, 15) is 0 Å². The zero-order valence-corrected chi connectivity index (χ0v) is 11.5. The Morgan fingerprint density at radius 3 is 2.33 bits per heavy atom. The molecular weight excluding hydrogens is 258 g/mol. The third-order valence-corrected chi connectivity index (χ3v) is 3.73. The van der Waals surface area contributed by atoms with Gasteiger partial charge in [0, 0.05) is 23.5 Å². The second-order valence-electron chi connectivity index (χ2n) is 5.11. The molecule has 0 saturated carbocycles. The van der Waals surface area contributed by atoms with Gasteiger partial charge >= 0.3 is 0 Å². The van der Waals surface area contributed by atoms with Crippen LogP contribution in [-0.4, -0.2) is 4.57 Å². The lowest BCUT2D eigenvalue weighted by Crippen LogP contribution is -2.06. The Morgan fingerprint density at radius 2 is 1.52 bits per heavy atom. The summed E-state index contributed by atoms with van der Waals surface area (Å²) in [6.45, 7) is 0. The Bertz CT molecular complexity index is 772. The maximum Gasteiger partial charge on any atom is 0.202 e. The van der Waals surface area contributed by atoms with E-state index in [4.69, 9.17) is 4.74 Å². The first-order valence-corrected chi connectivity index (χ1v) is 7.07. The number of hydrogen-bond acceptors (Lipinski definition) is 1. The van der Waals surface area contributed by atoms with Crippen molar-refractivity contribution >= 4 is 11.8 Å². The van der Waals surface area contributed by atoms with Crippen molar-refractivity contribution in [1.29, 1.82) is 0 Å². The lowest BCUT2D eigenvalue weighted by molar-refractivity contribution is 0.159. The first-order valence-electron chi connectivity index (χ1n) is 7.07. The molecular formula is C19H15NO. The molecule has 2 heteroatoms. The molecule has 1 atom stereocenters. The van der Waals surface area contributed by atoms with Crippen LogP contribution in [-0.2, 0) is 4.74 Å². The van der Waals surface area contributed by atoms with Crippen LogP contribution in [0.4, 0.5) is 0 Å². The number of hydrogen-bond donors (Lipinski definition) is 0. The van der Waals surface area contributed by atoms with Crippen LogP contribution in [0.3, 0.4) is 0 Å². The van der Waals surface area contributed by atoms with E-state index in [-0.39, 0.29) is 6.23 Å². The van der Waals surface area contributed by atoms with E-state index >= 15 is 0 Å². The van der Waals surface area contributed by atoms with Crippen molar-refractivity contribution in [2.75, 3.05) is 0 Å². The van der Waals surface area contributed by atoms with E-state index in [0.29, 0.717) is 0 Å². The van der Waals surface area contributed by atoms with Gasteiger partial charge in [0.05, 0.1) is 0 Å². The van der Waals surface area contributed by atoms with Gasteiger partial charge in [-0.15, -0.1) is 0 Å². The summed E-state index contributed by atoms with van der Waals surface area (Å²) in [6, 6.07) is 22.7. The number of fused-ring (bicyclic) bond motifs is 1. The summed E-state index contributed by atoms with van der Waals surface area (Å²) in [5.74, 6) is 0.926. The SMILES string of the molecule is C(=C1/OC(n2cccc2)c2ccccc21)/c1ccccc1. The fraction of sp³-hybridized carbons (Fsp3) is 0.0526. The lowest BCUT2D eigenvalue weighted by Gasteiger charge is -2.13. The van der Waals surface area contributed by atoms with Crippen LogP contribution in [0.5, 0.6) is 0 Å². The number of nitrogens with zero attached hydrogens (tertiary/aromatic N) is 1. The molecule has 1 aromatic heterocycles. The van der Waals surface area contributed by atoms with Gasteiger partial charge in [-0.1, -0.05) is 54.6 Å². The molecule has 0 bridgehead atoms. The highest BCUT2D eigenvalue weighted by Gasteiger charge is 2.28. The second-order valence-corrected chi connectivity index (χ2v) is 5.11. The Kier molecular flexibility index (Phi) is 2.86. The molecule has 1 aliphatic rings. The van der Waals surface area contributed by atoms with Crippen molar-refractivity contribution in [1.82, 2.24) is 4.57 Å². The van der Waals surface area contributed by atoms with Crippen molar-refractivity contribution in [2.45, 2.75) is 6.23 Å². The van der Waals surface area contributed by atoms with Crippen LogP contribution in [0, 0.1) is 0 Å². The zero-order chi connectivity index (χ0) is 14.1. The Balaban J connectivity index is 1.80. The van der Waals surface area contributed by atoms with Crippen LogP contribution in [0.15, 0.2) is 79.1 Å². The number of ether oxygens (including phenoxy) is 1. The third-order valence-electron chi connectivity index (χ3n) is 3.73. The van der Waals surface area contributed by atoms with Crippen LogP contribution < -0.4 is 0 Å². The molecule has 0 spiro atoms. The van der Waals surface area contributed by atoms with E-state index < -0.39 is 0 Å². The van der Waals surface area contributed by atoms with E-state index in [2.05, 4.69) is 47.0 Å². The summed E-state index contributed by atoms with van der Waals surface area (Å²) in [5, 5.41) is 0. The highest BCUT2D eigenvalue weighted by molar-refractivity contribution is 5.81. The topological polar surface area (TPSA) is 14.2 Å². The number of rotatable bonds is 2. The second kappa shape index (κ2) is 4.98. The number of benzene rings is 2. The highest BCUT2D eigenvalue weighted by atomic mass is 16.5. The minimum Gasteiger partial charge on any atom is -0.465 e. The summed E-state index contributed by atoms with van der Waals surface area (Å²) >= 11 is 0. The molecule has 0 radical (unpaired) electrons. The van der Waals surface area contributed by atoms with Crippen molar-refractivity contribution in [3.63, 3.8) is 0 Å². The van der Waals surface area contributed by atoms with Crippen LogP contribution in [0.2, 0.25) is 0 Å². The van der Waals surface area contributed by atoms with Crippen LogP contribution in [0.25, 0.3) is 11.8 Å². The molecule has 0 saturated heterocycles. The third kappa shape index (κ3) is 2.15. The molecule has 3 aromatic rings. The molecule has 0 fully saturated rings. The molecule has 2 heterocycles. The highest BCUT2D eigenvalue weighted by Crippen LogP contribution is 2.39. The maximum atomic E-state index is 6.20. The first kappa shape index (κ1) is 12.0. The molecule has 102 valence electrons. The molecule has 2 aromatic carbocycles. The first-order chi connectivity index (χ1) is 10.4. The summed E-state index contributed by atoms with van der Waals surface area (Å²) in [5.41, 5.74) is 3.52. The van der Waals surface area contributed by atoms with Gasteiger partial charge in [-0.2, -0.15) is 0 Å². The van der Waals surface area contributed by atoms with E-state index in [1.165, 1.54) is 11.1 Å². The largest absolute Gasteiger partial charge is 0.465 e. The smallest absolute Gasteiger partial charge is 0.202 e. The molecule has 1 aliphatic heterocycles. The fourth-order valence-corrected chi connectivity index (χ4v) is 2.72. The molecule has 0 amide bonds. The lowest BCUT2D eigenvalue weighted by atomic mass is 10.1. The average Bonchev–Trinajstić information content (AvgIpc) is 3.17. The van der Waals surface area contributed by atoms with Gasteiger partial charge in [0.25, 0.3) is 0 Å². The molecule has 0 aliphatic carbocycles. The summed E-state index contributed by atoms with van der Waals surface area (Å²) < 4.78 is 8.29. The summed E-state index contributed by atoms with van der Waals surface area (Å²) in [4.78, 5) is 0. The molecule has 2 nitrogen and oxygen atoms in total. The standard InChI is InChI=1S/C19H15NO/c1-2-8-15(9-3-1)14-18-16-10-4-5-11-17(16)19(21-18)20-12-6-7-13-20/h1-14,19H/b18-14-. The van der Waals surface area contributed by atoms with E-state index in [1.54, 1.807) is 0 Å². The monoisotopic (exact) mass is 273 g/mol. The van der Waals surface area contributed by atoms with Gasteiger partial charge in [0.15, 0.2) is 0 Å². The fourth-order valence-electron chi connectivity index (χ4n) is 2.72. The minimum absolute atomic E-state index is 0.0776. The molecule has 21 heavy (non-hydrogen) atoms. The summed E-state index contributed by atoms with van der Waals surface area (Å²) in [6.07, 6.45) is 6.09. The van der Waals surface area contributed by atoms with Crippen molar-refractivity contribution < 1.29 is 4.74 Å². The van der Waals surface area contributed by atoms with E-state index in [1.807, 2.05) is 42.7 Å². The Morgan fingerprint density at radius 1 is 0.810 bits per heavy atom. The van der Waals surface area contributed by atoms with Gasteiger partial charge in [-0.25, -0.2) is 0 Å². The van der Waals surface area contributed by atoms with Gasteiger partial charge in [-0.05, 0) is 23.8 Å². The number of aromatic nitrogens is 1. The Labute approximate surface area is 123 Å². The Hall–Kier alpha value is -2.74. The summed E-state index contributed by atoms with van der Waals surface area (Å²) in [7, 11) is 0. The van der Waals surface area contributed by atoms with Gasteiger partial charge in [0.1, 0.15) is 5.76 Å². The predicted molar refractivity (Wildman–Crippen MR) is 84.4 cm³/mol. The predicted octanol–water partition coefficient (Wildman–Crippen LogP) is 4.56. The van der Waals surface area contributed by atoms with Gasteiger partial charge < -0.3 is 9.30 Å². The zero-order valence-electron chi connectivity index (χ0n) is 11.5. The van der Waals surface area contributed by atoms with Crippen LogP contribution in [0.1, 0.15) is 22.9 Å². The normalized spacial score (nSPS) is 18.5. The molecule has 4 rings (SSSR count). The molecule has 1 unspecified atom stereocenters. The van der Waals surface area contributed by atoms with Crippen molar-refractivity contribution in [2.24, 2.45) is 0 Å². The van der Waals surface area contributed by atoms with Gasteiger partial charge in [0.2, 0.25) is 6.23 Å². The van der Waals surface area contributed by atoms with Gasteiger partial charge in [-0.3, -0.25) is 0 Å². The van der Waals surface area contributed by atoms with Crippen molar-refractivity contribution in [3.05, 3.63) is 95.8 Å². The maximum absolute atomic E-state index is 6.20. The van der Waals surface area contributed by atoms with Crippen molar-refractivity contribution in [3.8, 4) is 0 Å². The average molecular weight is 273 g/mol. The van der Waals surface area contributed by atoms with E-state index in [0.717, 1.165) is 11.3 Å². The minimum atomic E-state index is -0.0776. The molecule has 0 N–H and O–H groups in total. The van der Waals surface area contributed by atoms with Crippen LogP contribution >= 0.6 is 0 Å². The quantitative estimate of drug-likeness (QED) is 0.667.